The van der Waals surface area contributed by atoms with Crippen LogP contribution in [-0.4, -0.2) is 51.1 Å². The number of hydrogen-bond donors (Lipinski definition) is 2. The Morgan fingerprint density at radius 3 is 2.33 bits per heavy atom. The zero-order valence-electron chi connectivity index (χ0n) is 16.8. The molecule has 1 atom stereocenters. The molecule has 0 aliphatic heterocycles. The number of halogens is 2. The molecule has 30 heavy (non-hydrogen) atoms. The van der Waals surface area contributed by atoms with Crippen molar-refractivity contribution >= 4 is 29.1 Å². The van der Waals surface area contributed by atoms with Crippen LogP contribution in [0.4, 0.5) is 0 Å². The van der Waals surface area contributed by atoms with Crippen molar-refractivity contribution in [2.45, 2.75) is 18.9 Å². The molecule has 0 saturated heterocycles. The van der Waals surface area contributed by atoms with Gasteiger partial charge < -0.3 is 29.4 Å². The molecule has 1 unspecified atom stereocenters. The molecule has 0 heterocycles. The Kier molecular flexibility index (Phi) is 9.86. The lowest BCUT2D eigenvalue weighted by atomic mass is 10.2. The standard InChI is InChI=1S/C21H25Cl2NO6/c1-27-17-8-4-9-18(28-2)21(17)30-13-14(25)12-24-19(26)10-5-11-29-16-7-3-6-15(22)20(16)23/h3-4,6-9,14,25H,5,10-13H2,1-2H3,(H,24,26). The zero-order valence-corrected chi connectivity index (χ0v) is 18.3. The molecule has 164 valence electrons. The second kappa shape index (κ2) is 12.4. The van der Waals surface area contributed by atoms with Crippen molar-refractivity contribution in [3.8, 4) is 23.0 Å². The molecule has 0 fully saturated rings. The zero-order chi connectivity index (χ0) is 21.9. The van der Waals surface area contributed by atoms with Gasteiger partial charge in [-0.1, -0.05) is 35.3 Å². The highest BCUT2D eigenvalue weighted by atomic mass is 35.5. The van der Waals surface area contributed by atoms with Gasteiger partial charge in [-0.15, -0.1) is 0 Å². The summed E-state index contributed by atoms with van der Waals surface area (Å²) in [7, 11) is 3.03. The SMILES string of the molecule is COc1cccc(OC)c1OCC(O)CNC(=O)CCCOc1cccc(Cl)c1Cl. The van der Waals surface area contributed by atoms with E-state index >= 15 is 0 Å². The lowest BCUT2D eigenvalue weighted by molar-refractivity contribution is -0.121. The first kappa shape index (κ1) is 23.9. The number of methoxy groups -OCH3 is 2. The van der Waals surface area contributed by atoms with E-state index in [-0.39, 0.29) is 25.5 Å². The summed E-state index contributed by atoms with van der Waals surface area (Å²) in [5.74, 6) is 1.65. The molecule has 9 heteroatoms. The summed E-state index contributed by atoms with van der Waals surface area (Å²) in [6, 6.07) is 10.3. The first-order chi connectivity index (χ1) is 14.5. The third-order valence-corrected chi connectivity index (χ3v) is 4.86. The lowest BCUT2D eigenvalue weighted by Gasteiger charge is -2.17. The van der Waals surface area contributed by atoms with E-state index in [2.05, 4.69) is 5.32 Å². The first-order valence-corrected chi connectivity index (χ1v) is 10.1. The summed E-state index contributed by atoms with van der Waals surface area (Å²) < 4.78 is 21.6. The fourth-order valence-electron chi connectivity index (χ4n) is 2.53. The fraction of sp³-hybridized carbons (Fsp3) is 0.381. The molecule has 0 saturated carbocycles. The van der Waals surface area contributed by atoms with Crippen LogP contribution in [0.1, 0.15) is 12.8 Å². The molecule has 0 radical (unpaired) electrons. The van der Waals surface area contributed by atoms with Gasteiger partial charge in [0, 0.05) is 13.0 Å². The molecular formula is C21H25Cl2NO6. The normalized spacial score (nSPS) is 11.5. The fourth-order valence-corrected chi connectivity index (χ4v) is 2.87. The Hall–Kier alpha value is -2.35. The lowest BCUT2D eigenvalue weighted by Crippen LogP contribution is -2.35. The number of nitrogens with one attached hydrogen (secondary N) is 1. The Morgan fingerprint density at radius 2 is 1.67 bits per heavy atom. The molecule has 0 aliphatic carbocycles. The van der Waals surface area contributed by atoms with Crippen molar-refractivity contribution in [3.63, 3.8) is 0 Å². The number of hydrogen-bond acceptors (Lipinski definition) is 6. The van der Waals surface area contributed by atoms with E-state index < -0.39 is 6.10 Å². The maximum Gasteiger partial charge on any atom is 0.220 e. The summed E-state index contributed by atoms with van der Waals surface area (Å²) in [6.45, 7) is 0.331. The number of carbonyl (C=O) groups excluding carboxylic acids is 1. The van der Waals surface area contributed by atoms with Crippen LogP contribution in [0.25, 0.3) is 0 Å². The van der Waals surface area contributed by atoms with Gasteiger partial charge in [-0.3, -0.25) is 4.79 Å². The molecule has 2 aromatic rings. The number of carbonyl (C=O) groups is 1. The van der Waals surface area contributed by atoms with Gasteiger partial charge in [0.2, 0.25) is 11.7 Å². The summed E-state index contributed by atoms with van der Waals surface area (Å²) in [6.07, 6.45) is -0.170. The number of para-hydroxylation sites is 1. The van der Waals surface area contributed by atoms with E-state index in [1.54, 1.807) is 36.4 Å². The Morgan fingerprint density at radius 1 is 1.03 bits per heavy atom. The van der Waals surface area contributed by atoms with Crippen molar-refractivity contribution in [1.82, 2.24) is 5.32 Å². The summed E-state index contributed by atoms with van der Waals surface area (Å²) in [5.41, 5.74) is 0. The van der Waals surface area contributed by atoms with Crippen molar-refractivity contribution in [1.29, 1.82) is 0 Å². The van der Waals surface area contributed by atoms with Gasteiger partial charge in [0.15, 0.2) is 11.5 Å². The number of benzene rings is 2. The predicted molar refractivity (Wildman–Crippen MR) is 115 cm³/mol. The van der Waals surface area contributed by atoms with E-state index in [0.717, 1.165) is 0 Å². The minimum Gasteiger partial charge on any atom is -0.493 e. The summed E-state index contributed by atoms with van der Waals surface area (Å²) in [5, 5.41) is 13.5. The van der Waals surface area contributed by atoms with E-state index in [0.29, 0.717) is 46.1 Å². The van der Waals surface area contributed by atoms with Crippen LogP contribution in [0, 0.1) is 0 Å². The Bertz CT molecular complexity index is 811. The quantitative estimate of drug-likeness (QED) is 0.472. The third kappa shape index (κ3) is 7.16. The number of aliphatic hydroxyl groups is 1. The Labute approximate surface area is 185 Å². The molecule has 2 aromatic carbocycles. The largest absolute Gasteiger partial charge is 0.493 e. The van der Waals surface area contributed by atoms with E-state index in [4.69, 9.17) is 42.1 Å². The second-order valence-corrected chi connectivity index (χ2v) is 7.05. The monoisotopic (exact) mass is 457 g/mol. The highest BCUT2D eigenvalue weighted by molar-refractivity contribution is 6.42. The van der Waals surface area contributed by atoms with Crippen LogP contribution in [0.5, 0.6) is 23.0 Å². The first-order valence-electron chi connectivity index (χ1n) is 9.31. The van der Waals surface area contributed by atoms with Crippen LogP contribution >= 0.6 is 23.2 Å². The number of rotatable bonds is 12. The van der Waals surface area contributed by atoms with E-state index in [1.807, 2.05) is 0 Å². The number of amides is 1. The highest BCUT2D eigenvalue weighted by Gasteiger charge is 2.14. The highest BCUT2D eigenvalue weighted by Crippen LogP contribution is 2.36. The average molecular weight is 458 g/mol. The molecule has 0 bridgehead atoms. The predicted octanol–water partition coefficient (Wildman–Crippen LogP) is 3.73. The topological polar surface area (TPSA) is 86.3 Å². The van der Waals surface area contributed by atoms with Crippen molar-refractivity contribution in [3.05, 3.63) is 46.4 Å². The number of aliphatic hydroxyl groups excluding tert-OH is 1. The van der Waals surface area contributed by atoms with Crippen LogP contribution in [0.15, 0.2) is 36.4 Å². The van der Waals surface area contributed by atoms with Gasteiger partial charge in [0.25, 0.3) is 0 Å². The molecule has 0 spiro atoms. The van der Waals surface area contributed by atoms with Crippen LogP contribution in [0.3, 0.4) is 0 Å². The molecule has 0 aliphatic rings. The van der Waals surface area contributed by atoms with E-state index in [9.17, 15) is 9.90 Å². The third-order valence-electron chi connectivity index (χ3n) is 4.06. The molecule has 2 rings (SSSR count). The van der Waals surface area contributed by atoms with Gasteiger partial charge >= 0.3 is 0 Å². The van der Waals surface area contributed by atoms with Gasteiger partial charge in [-0.2, -0.15) is 0 Å². The minimum absolute atomic E-state index is 0.0343. The molecule has 7 nitrogen and oxygen atoms in total. The van der Waals surface area contributed by atoms with Crippen LogP contribution in [-0.2, 0) is 4.79 Å². The van der Waals surface area contributed by atoms with Gasteiger partial charge in [-0.25, -0.2) is 0 Å². The van der Waals surface area contributed by atoms with Gasteiger partial charge in [-0.05, 0) is 30.7 Å². The van der Waals surface area contributed by atoms with E-state index in [1.165, 1.54) is 14.2 Å². The smallest absolute Gasteiger partial charge is 0.220 e. The average Bonchev–Trinajstić information content (AvgIpc) is 2.76. The molecule has 0 aromatic heterocycles. The molecule has 2 N–H and O–H groups in total. The maximum atomic E-state index is 11.9. The second-order valence-electron chi connectivity index (χ2n) is 6.26. The summed E-state index contributed by atoms with van der Waals surface area (Å²) >= 11 is 12.0. The van der Waals surface area contributed by atoms with Crippen molar-refractivity contribution in [2.24, 2.45) is 0 Å². The minimum atomic E-state index is -0.898. The van der Waals surface area contributed by atoms with Crippen LogP contribution in [0.2, 0.25) is 10.0 Å². The number of ether oxygens (including phenoxy) is 4. The van der Waals surface area contributed by atoms with Gasteiger partial charge in [0.1, 0.15) is 23.5 Å². The van der Waals surface area contributed by atoms with Crippen LogP contribution < -0.4 is 24.3 Å². The summed E-state index contributed by atoms with van der Waals surface area (Å²) in [4.78, 5) is 11.9. The Balaban J connectivity index is 1.68. The molecule has 1 amide bonds. The van der Waals surface area contributed by atoms with Crippen molar-refractivity contribution in [2.75, 3.05) is 34.0 Å². The molecular weight excluding hydrogens is 433 g/mol. The van der Waals surface area contributed by atoms with Crippen molar-refractivity contribution < 1.29 is 28.8 Å². The van der Waals surface area contributed by atoms with Gasteiger partial charge in [0.05, 0.1) is 25.8 Å². The maximum absolute atomic E-state index is 11.9.